The number of amides is 2. The number of carbonyl (C=O) groups excluding carboxylic acids is 2. The Morgan fingerprint density at radius 3 is 2.58 bits per heavy atom. The second-order valence-corrected chi connectivity index (χ2v) is 12.2. The van der Waals surface area contributed by atoms with Gasteiger partial charge in [-0.15, -0.1) is 0 Å². The first-order valence-electron chi connectivity index (χ1n) is 14.2. The summed E-state index contributed by atoms with van der Waals surface area (Å²) in [6, 6.07) is 8.93. The van der Waals surface area contributed by atoms with Crippen LogP contribution in [0.4, 0.5) is 4.79 Å². The molecule has 2 amide bonds. The highest BCUT2D eigenvalue weighted by Crippen LogP contribution is 2.39. The number of ether oxygens (including phenoxy) is 2. The molecule has 1 aromatic rings. The summed E-state index contributed by atoms with van der Waals surface area (Å²) >= 11 is 0. The van der Waals surface area contributed by atoms with Crippen LogP contribution >= 0.6 is 0 Å². The zero-order chi connectivity index (χ0) is 27.1. The third kappa shape index (κ3) is 8.29. The molecule has 1 saturated carbocycles. The fraction of sp³-hybridized carbons (Fsp3) is 0.667. The van der Waals surface area contributed by atoms with Gasteiger partial charge < -0.3 is 25.2 Å². The highest BCUT2D eigenvalue weighted by molar-refractivity contribution is 5.82. The minimum atomic E-state index is -0.883. The van der Waals surface area contributed by atoms with Crippen molar-refractivity contribution in [2.75, 3.05) is 26.3 Å². The van der Waals surface area contributed by atoms with Gasteiger partial charge in [0.2, 0.25) is 5.91 Å². The van der Waals surface area contributed by atoms with Crippen molar-refractivity contribution in [3.8, 4) is 0 Å². The van der Waals surface area contributed by atoms with Crippen LogP contribution in [0.3, 0.4) is 0 Å². The lowest BCUT2D eigenvalue weighted by molar-refractivity contribution is -0.132. The topological polar surface area (TPSA) is 100 Å². The molecule has 3 aliphatic rings. The molecule has 2 heterocycles. The molecule has 0 aromatic heterocycles. The summed E-state index contributed by atoms with van der Waals surface area (Å²) in [4.78, 5) is 28.4. The molecule has 4 rings (SSSR count). The van der Waals surface area contributed by atoms with Crippen molar-refractivity contribution in [1.29, 1.82) is 0 Å². The second kappa shape index (κ2) is 13.1. The Morgan fingerprint density at radius 1 is 1.16 bits per heavy atom. The van der Waals surface area contributed by atoms with E-state index in [4.69, 9.17) is 9.47 Å². The smallest absolute Gasteiger partial charge is 0.408 e. The number of nitrogens with zero attached hydrogens (tertiary/aromatic N) is 1. The summed E-state index contributed by atoms with van der Waals surface area (Å²) in [5, 5.41) is 17.6. The van der Waals surface area contributed by atoms with Gasteiger partial charge in [-0.1, -0.05) is 55.7 Å². The number of aliphatic hydroxyl groups excluding tert-OH is 1. The maximum absolute atomic E-state index is 13.4. The maximum atomic E-state index is 13.4. The van der Waals surface area contributed by atoms with Crippen molar-refractivity contribution in [2.45, 2.75) is 89.1 Å². The van der Waals surface area contributed by atoms with E-state index in [-0.39, 0.29) is 17.5 Å². The minimum Gasteiger partial charge on any atom is -0.440 e. The van der Waals surface area contributed by atoms with E-state index in [1.807, 2.05) is 63.3 Å². The molecule has 8 heteroatoms. The van der Waals surface area contributed by atoms with Gasteiger partial charge in [-0.25, -0.2) is 4.79 Å². The van der Waals surface area contributed by atoms with Crippen molar-refractivity contribution in [3.63, 3.8) is 0 Å². The Balaban J connectivity index is 1.48. The van der Waals surface area contributed by atoms with Crippen LogP contribution in [0.25, 0.3) is 0 Å². The summed E-state index contributed by atoms with van der Waals surface area (Å²) in [5.74, 6) is 1.11. The number of aliphatic hydroxyl groups is 1. The number of hydrogen-bond acceptors (Lipinski definition) is 6. The lowest BCUT2D eigenvalue weighted by atomic mass is 9.72. The average Bonchev–Trinajstić information content (AvgIpc) is 2.88. The highest BCUT2D eigenvalue weighted by Gasteiger charge is 2.41. The number of fused-ring (bicyclic) bond motifs is 1. The molecule has 1 aromatic carbocycles. The standard InChI is InChI=1S/C30H45N3O5/c1-30(2,3)32-28(35)26-17-22-12-7-8-13-23(22)18-33(26)19-27(34)25(16-21-10-5-4-6-11-21)31-29(36)38-24-14-9-15-37-20-24/h4-6,9-11,14,22-27,34H,7-8,12-13,15-20H2,1-3H3,(H,31,36)(H,32,35)/t22-,23+,24-,25-,26-,27+/m0/s1. The number of likely N-dealkylation sites (tertiary alicyclic amines) is 1. The lowest BCUT2D eigenvalue weighted by Gasteiger charge is -2.47. The molecule has 0 bridgehead atoms. The molecule has 0 radical (unpaired) electrons. The third-order valence-electron chi connectivity index (χ3n) is 7.90. The van der Waals surface area contributed by atoms with Gasteiger partial charge in [0, 0.05) is 18.6 Å². The van der Waals surface area contributed by atoms with E-state index in [0.29, 0.717) is 38.0 Å². The van der Waals surface area contributed by atoms with E-state index in [1.54, 1.807) is 0 Å². The number of carbonyl (C=O) groups is 2. The van der Waals surface area contributed by atoms with Gasteiger partial charge in [-0.3, -0.25) is 9.69 Å². The van der Waals surface area contributed by atoms with Crippen molar-refractivity contribution in [1.82, 2.24) is 15.5 Å². The molecular formula is C30H45N3O5. The number of alkyl carbamates (subject to hydrolysis) is 1. The van der Waals surface area contributed by atoms with Gasteiger partial charge in [0.25, 0.3) is 0 Å². The SMILES string of the molecule is CC(C)(C)NC(=O)[C@@H]1C[C@@H]2CCCC[C@@H]2CN1C[C@@H](O)[C@H](Cc1ccccc1)NC(=O)O[C@H]1C=CCOC1. The Labute approximate surface area is 227 Å². The monoisotopic (exact) mass is 527 g/mol. The van der Waals surface area contributed by atoms with Gasteiger partial charge in [0.1, 0.15) is 6.10 Å². The fourth-order valence-electron chi connectivity index (χ4n) is 6.06. The maximum Gasteiger partial charge on any atom is 0.408 e. The van der Waals surface area contributed by atoms with Crippen LogP contribution < -0.4 is 10.6 Å². The molecule has 8 nitrogen and oxygen atoms in total. The van der Waals surface area contributed by atoms with E-state index < -0.39 is 24.3 Å². The van der Waals surface area contributed by atoms with Crippen LogP contribution in [-0.2, 0) is 20.7 Å². The predicted molar refractivity (Wildman–Crippen MR) is 147 cm³/mol. The lowest BCUT2D eigenvalue weighted by Crippen LogP contribution is -2.60. The second-order valence-electron chi connectivity index (χ2n) is 12.2. The van der Waals surface area contributed by atoms with Gasteiger partial charge in [0.15, 0.2) is 0 Å². The molecule has 1 saturated heterocycles. The van der Waals surface area contributed by atoms with Crippen molar-refractivity contribution >= 4 is 12.0 Å². The summed E-state index contributed by atoms with van der Waals surface area (Å²) in [5.41, 5.74) is 0.675. The van der Waals surface area contributed by atoms with Crippen LogP contribution in [0.2, 0.25) is 0 Å². The largest absolute Gasteiger partial charge is 0.440 e. The Kier molecular flexibility index (Phi) is 9.85. The van der Waals surface area contributed by atoms with E-state index >= 15 is 0 Å². The number of nitrogens with one attached hydrogen (secondary N) is 2. The number of piperidine rings is 1. The molecular weight excluding hydrogens is 482 g/mol. The molecule has 38 heavy (non-hydrogen) atoms. The summed E-state index contributed by atoms with van der Waals surface area (Å²) in [7, 11) is 0. The quantitative estimate of drug-likeness (QED) is 0.448. The summed E-state index contributed by atoms with van der Waals surface area (Å²) < 4.78 is 10.9. The molecule has 2 fully saturated rings. The molecule has 2 aliphatic heterocycles. The van der Waals surface area contributed by atoms with Crippen LogP contribution in [0.15, 0.2) is 42.5 Å². The van der Waals surface area contributed by atoms with E-state index in [0.717, 1.165) is 18.5 Å². The van der Waals surface area contributed by atoms with Gasteiger partial charge in [-0.2, -0.15) is 0 Å². The zero-order valence-electron chi connectivity index (χ0n) is 23.1. The van der Waals surface area contributed by atoms with E-state index in [1.165, 1.54) is 25.7 Å². The Hall–Kier alpha value is -2.42. The molecule has 210 valence electrons. The molecule has 3 N–H and O–H groups in total. The number of rotatable bonds is 8. The molecule has 6 atom stereocenters. The third-order valence-corrected chi connectivity index (χ3v) is 7.90. The number of benzene rings is 1. The summed E-state index contributed by atoms with van der Waals surface area (Å²) in [6.45, 7) is 7.90. The Morgan fingerprint density at radius 2 is 1.89 bits per heavy atom. The van der Waals surface area contributed by atoms with E-state index in [2.05, 4.69) is 15.5 Å². The zero-order valence-corrected chi connectivity index (χ0v) is 23.1. The highest BCUT2D eigenvalue weighted by atomic mass is 16.6. The Bertz CT molecular complexity index is 947. The van der Waals surface area contributed by atoms with Crippen molar-refractivity contribution in [3.05, 3.63) is 48.0 Å². The van der Waals surface area contributed by atoms with Crippen LogP contribution in [0.5, 0.6) is 0 Å². The van der Waals surface area contributed by atoms with Gasteiger partial charge in [0.05, 0.1) is 31.4 Å². The molecule has 0 unspecified atom stereocenters. The summed E-state index contributed by atoms with van der Waals surface area (Å²) in [6.07, 6.45) is 7.78. The first-order valence-corrected chi connectivity index (χ1v) is 14.2. The van der Waals surface area contributed by atoms with Crippen LogP contribution in [-0.4, -0.2) is 78.1 Å². The first kappa shape index (κ1) is 28.6. The van der Waals surface area contributed by atoms with Crippen LogP contribution in [0, 0.1) is 11.8 Å². The van der Waals surface area contributed by atoms with Gasteiger partial charge >= 0.3 is 6.09 Å². The molecule has 1 aliphatic carbocycles. The number of hydrogen-bond donors (Lipinski definition) is 3. The van der Waals surface area contributed by atoms with E-state index in [9.17, 15) is 14.7 Å². The van der Waals surface area contributed by atoms with Crippen LogP contribution in [0.1, 0.15) is 58.4 Å². The molecule has 0 spiro atoms. The number of β-amino-alcohol motifs (C(OH)–C–C–N with tert-alkyl or cyclic N) is 1. The minimum absolute atomic E-state index is 0.0183. The van der Waals surface area contributed by atoms with Crippen molar-refractivity contribution in [2.24, 2.45) is 11.8 Å². The first-order chi connectivity index (χ1) is 18.2. The fourth-order valence-corrected chi connectivity index (χ4v) is 6.06. The predicted octanol–water partition coefficient (Wildman–Crippen LogP) is 3.44. The van der Waals surface area contributed by atoms with Gasteiger partial charge in [-0.05, 0) is 63.5 Å². The van der Waals surface area contributed by atoms with Crippen molar-refractivity contribution < 1.29 is 24.2 Å². The average molecular weight is 528 g/mol. The normalized spacial score (nSPS) is 27.6.